The van der Waals surface area contributed by atoms with E-state index in [1.165, 1.54) is 23.0 Å². The number of halogens is 5. The Morgan fingerprint density at radius 2 is 2.04 bits per heavy atom. The Labute approximate surface area is 160 Å². The van der Waals surface area contributed by atoms with E-state index in [0.29, 0.717) is 5.65 Å². The van der Waals surface area contributed by atoms with E-state index in [0.717, 1.165) is 17.8 Å². The van der Waals surface area contributed by atoms with Crippen LogP contribution in [0.3, 0.4) is 0 Å². The first-order chi connectivity index (χ1) is 12.7. The second-order valence-corrected chi connectivity index (χ2v) is 7.20. The minimum atomic E-state index is -4.25. The van der Waals surface area contributed by atoms with Crippen LogP contribution in [0.4, 0.5) is 17.6 Å². The highest BCUT2D eigenvalue weighted by molar-refractivity contribution is 7.99. The predicted molar refractivity (Wildman–Crippen MR) is 95.1 cm³/mol. The number of benzene rings is 1. The quantitative estimate of drug-likeness (QED) is 0.266. The summed E-state index contributed by atoms with van der Waals surface area (Å²) in [5.41, 5.74) is 0.145. The molecule has 144 valence electrons. The number of aryl methyl sites for hydroxylation is 1. The van der Waals surface area contributed by atoms with Crippen molar-refractivity contribution in [1.82, 2.24) is 19.1 Å². The normalized spacial score (nSPS) is 12.1. The molecule has 0 bridgehead atoms. The van der Waals surface area contributed by atoms with Crippen molar-refractivity contribution >= 4 is 34.5 Å². The van der Waals surface area contributed by atoms with Crippen molar-refractivity contribution in [3.63, 3.8) is 0 Å². The van der Waals surface area contributed by atoms with Crippen molar-refractivity contribution in [2.24, 2.45) is 7.05 Å². The first kappa shape index (κ1) is 19.7. The molecule has 0 saturated carbocycles. The third-order valence-electron chi connectivity index (χ3n) is 3.70. The number of alkyl halides is 3. The van der Waals surface area contributed by atoms with Gasteiger partial charge in [0, 0.05) is 19.2 Å². The maximum atomic E-state index is 13.5. The van der Waals surface area contributed by atoms with Gasteiger partial charge in [0.05, 0.1) is 17.0 Å². The summed E-state index contributed by atoms with van der Waals surface area (Å²) in [4.78, 5) is 21.3. The van der Waals surface area contributed by atoms with E-state index in [-0.39, 0.29) is 33.6 Å². The highest BCUT2D eigenvalue weighted by atomic mass is 35.5. The van der Waals surface area contributed by atoms with Crippen molar-refractivity contribution in [3.05, 3.63) is 45.7 Å². The molecule has 2 heterocycles. The third-order valence-corrected chi connectivity index (χ3v) is 5.02. The van der Waals surface area contributed by atoms with Crippen molar-refractivity contribution in [2.45, 2.75) is 24.2 Å². The van der Waals surface area contributed by atoms with E-state index in [1.807, 2.05) is 0 Å². The maximum Gasteiger partial charge on any atom is 0.389 e. The van der Waals surface area contributed by atoms with Crippen LogP contribution in [0.15, 0.2) is 34.5 Å². The molecule has 0 amide bonds. The zero-order valence-electron chi connectivity index (χ0n) is 13.9. The Bertz CT molecular complexity index is 1050. The second-order valence-electron chi connectivity index (χ2n) is 5.73. The SMILES string of the molecule is Cn1cnc2c(=O)n(-c3ccc(F)c(Cl)c3)c(SCCCC(F)(F)F)nc21. The van der Waals surface area contributed by atoms with Gasteiger partial charge in [-0.05, 0) is 24.6 Å². The standard InChI is InChI=1S/C16H13ClF4N4OS/c1-24-8-22-12-13(24)23-15(27-6-2-5-16(19,20)21)25(14(12)26)9-3-4-11(18)10(17)7-9/h3-4,7-8H,2,5-6H2,1H3. The Morgan fingerprint density at radius 1 is 1.30 bits per heavy atom. The lowest BCUT2D eigenvalue weighted by Gasteiger charge is -2.13. The van der Waals surface area contributed by atoms with Gasteiger partial charge in [-0.15, -0.1) is 0 Å². The van der Waals surface area contributed by atoms with Gasteiger partial charge in [-0.2, -0.15) is 13.2 Å². The summed E-state index contributed by atoms with van der Waals surface area (Å²) in [6.45, 7) is 0. The molecule has 11 heteroatoms. The molecule has 0 unspecified atom stereocenters. The third kappa shape index (κ3) is 4.27. The minimum Gasteiger partial charge on any atom is -0.318 e. The van der Waals surface area contributed by atoms with Crippen LogP contribution in [0.2, 0.25) is 5.02 Å². The molecule has 0 spiro atoms. The van der Waals surface area contributed by atoms with Crippen LogP contribution in [0.5, 0.6) is 0 Å². The molecule has 0 aliphatic rings. The zero-order chi connectivity index (χ0) is 19.8. The van der Waals surface area contributed by atoms with Gasteiger partial charge in [-0.3, -0.25) is 9.36 Å². The van der Waals surface area contributed by atoms with Gasteiger partial charge in [-0.25, -0.2) is 14.4 Å². The number of fused-ring (bicyclic) bond motifs is 1. The molecule has 1 aromatic carbocycles. The molecule has 0 fully saturated rings. The van der Waals surface area contributed by atoms with E-state index in [9.17, 15) is 22.4 Å². The van der Waals surface area contributed by atoms with Crippen LogP contribution in [0.25, 0.3) is 16.9 Å². The van der Waals surface area contributed by atoms with Crippen LogP contribution in [0, 0.1) is 5.82 Å². The van der Waals surface area contributed by atoms with Gasteiger partial charge >= 0.3 is 6.18 Å². The summed E-state index contributed by atoms with van der Waals surface area (Å²) in [5.74, 6) is -0.552. The minimum absolute atomic E-state index is 0.0950. The number of aromatic nitrogens is 4. The Kier molecular flexibility index (Phi) is 5.48. The maximum absolute atomic E-state index is 13.5. The molecule has 2 aromatic heterocycles. The van der Waals surface area contributed by atoms with E-state index in [4.69, 9.17) is 11.6 Å². The first-order valence-corrected chi connectivity index (χ1v) is 9.13. The highest BCUT2D eigenvalue weighted by Gasteiger charge is 2.26. The van der Waals surface area contributed by atoms with Crippen molar-refractivity contribution in [3.8, 4) is 5.69 Å². The summed E-state index contributed by atoms with van der Waals surface area (Å²) < 4.78 is 53.2. The number of hydrogen-bond acceptors (Lipinski definition) is 4. The fraction of sp³-hybridized carbons (Fsp3) is 0.312. The van der Waals surface area contributed by atoms with Crippen molar-refractivity contribution in [2.75, 3.05) is 5.75 Å². The molecular formula is C16H13ClF4N4OS. The molecule has 5 nitrogen and oxygen atoms in total. The van der Waals surface area contributed by atoms with Crippen LogP contribution in [-0.2, 0) is 7.05 Å². The van der Waals surface area contributed by atoms with E-state index < -0.39 is 24.0 Å². The Morgan fingerprint density at radius 3 is 2.70 bits per heavy atom. The molecule has 3 aromatic rings. The summed E-state index contributed by atoms with van der Waals surface area (Å²) >= 11 is 6.81. The number of hydrogen-bond donors (Lipinski definition) is 0. The first-order valence-electron chi connectivity index (χ1n) is 7.76. The molecule has 3 rings (SSSR count). The van der Waals surface area contributed by atoms with Gasteiger partial charge in [0.15, 0.2) is 16.3 Å². The molecule has 0 radical (unpaired) electrons. The summed E-state index contributed by atoms with van der Waals surface area (Å²) in [7, 11) is 1.65. The average molecular weight is 421 g/mol. The lowest BCUT2D eigenvalue weighted by Crippen LogP contribution is -2.22. The van der Waals surface area contributed by atoms with Gasteiger partial charge in [-0.1, -0.05) is 23.4 Å². The Hall–Kier alpha value is -2.07. The smallest absolute Gasteiger partial charge is 0.318 e. The fourth-order valence-corrected chi connectivity index (χ4v) is 3.54. The van der Waals surface area contributed by atoms with Crippen LogP contribution >= 0.6 is 23.4 Å². The van der Waals surface area contributed by atoms with E-state index >= 15 is 0 Å². The summed E-state index contributed by atoms with van der Waals surface area (Å²) in [6.07, 6.45) is -3.89. The predicted octanol–water partition coefficient (Wildman–Crippen LogP) is 4.35. The lowest BCUT2D eigenvalue weighted by molar-refractivity contribution is -0.134. The monoisotopic (exact) mass is 420 g/mol. The molecule has 0 N–H and O–H groups in total. The molecule has 0 atom stereocenters. The van der Waals surface area contributed by atoms with Gasteiger partial charge in [0.1, 0.15) is 5.82 Å². The molecule has 0 aliphatic heterocycles. The topological polar surface area (TPSA) is 52.7 Å². The van der Waals surface area contributed by atoms with Gasteiger partial charge in [0.2, 0.25) is 0 Å². The van der Waals surface area contributed by atoms with E-state index in [2.05, 4.69) is 9.97 Å². The lowest BCUT2D eigenvalue weighted by atomic mass is 10.3. The van der Waals surface area contributed by atoms with Crippen LogP contribution in [0.1, 0.15) is 12.8 Å². The van der Waals surface area contributed by atoms with Crippen LogP contribution in [-0.4, -0.2) is 31.0 Å². The van der Waals surface area contributed by atoms with Crippen LogP contribution < -0.4 is 5.56 Å². The molecule has 0 aliphatic carbocycles. The Balaban J connectivity index is 2.05. The molecule has 0 saturated heterocycles. The number of imidazole rings is 1. The molecule has 27 heavy (non-hydrogen) atoms. The fourth-order valence-electron chi connectivity index (χ4n) is 2.42. The summed E-state index contributed by atoms with van der Waals surface area (Å²) in [5, 5.41) is -0.00510. The molecular weight excluding hydrogens is 408 g/mol. The average Bonchev–Trinajstić information content (AvgIpc) is 2.95. The zero-order valence-corrected chi connectivity index (χ0v) is 15.5. The van der Waals surface area contributed by atoms with Crippen molar-refractivity contribution in [1.29, 1.82) is 0 Å². The number of nitrogens with zero attached hydrogens (tertiary/aromatic N) is 4. The highest BCUT2D eigenvalue weighted by Crippen LogP contribution is 2.27. The largest absolute Gasteiger partial charge is 0.389 e. The number of rotatable bonds is 5. The number of thioether (sulfide) groups is 1. The second kappa shape index (κ2) is 7.51. The van der Waals surface area contributed by atoms with Crippen molar-refractivity contribution < 1.29 is 17.6 Å². The van der Waals surface area contributed by atoms with E-state index in [1.54, 1.807) is 11.6 Å². The van der Waals surface area contributed by atoms with Gasteiger partial charge < -0.3 is 4.57 Å². The van der Waals surface area contributed by atoms with Gasteiger partial charge in [0.25, 0.3) is 5.56 Å². The summed E-state index contributed by atoms with van der Waals surface area (Å²) in [6, 6.07) is 3.71.